The van der Waals surface area contributed by atoms with Gasteiger partial charge in [-0.2, -0.15) is 0 Å². The fourth-order valence-corrected chi connectivity index (χ4v) is 1.77. The van der Waals surface area contributed by atoms with Gasteiger partial charge >= 0.3 is 5.97 Å². The molecule has 2 N–H and O–H groups in total. The minimum Gasteiger partial charge on any atom is -0.478 e. The molecule has 1 aromatic carbocycles. The lowest BCUT2D eigenvalue weighted by Crippen LogP contribution is -2.11. The van der Waals surface area contributed by atoms with Crippen molar-refractivity contribution in [3.63, 3.8) is 0 Å². The lowest BCUT2D eigenvalue weighted by Gasteiger charge is -2.05. The van der Waals surface area contributed by atoms with Crippen molar-refractivity contribution in [1.29, 1.82) is 0 Å². The molecule has 0 atom stereocenters. The van der Waals surface area contributed by atoms with Gasteiger partial charge in [0, 0.05) is 10.7 Å². The molecule has 0 spiro atoms. The second-order valence-electron chi connectivity index (χ2n) is 3.90. The van der Waals surface area contributed by atoms with Crippen molar-refractivity contribution in [1.82, 2.24) is 0 Å². The number of benzene rings is 1. The third-order valence-electron chi connectivity index (χ3n) is 2.37. The molecule has 1 heterocycles. The topological polar surface area (TPSA) is 79.5 Å². The zero-order valence-electron chi connectivity index (χ0n) is 9.94. The standard InChI is InChI=1S/C13H10ClNO4/c1-7-2-3-11(19-7)12(16)15-10-5-8(13(17)18)4-9(14)6-10/h2-6H,1H3,(H,15,16)(H,17,18). The van der Waals surface area contributed by atoms with Gasteiger partial charge in [0.2, 0.25) is 0 Å². The molecule has 98 valence electrons. The molecule has 2 aromatic rings. The number of nitrogens with one attached hydrogen (secondary N) is 1. The number of furan rings is 1. The van der Waals surface area contributed by atoms with E-state index < -0.39 is 11.9 Å². The van der Waals surface area contributed by atoms with Crippen molar-refractivity contribution in [2.45, 2.75) is 6.92 Å². The van der Waals surface area contributed by atoms with Gasteiger partial charge in [-0.05, 0) is 37.3 Å². The SMILES string of the molecule is Cc1ccc(C(=O)Nc2cc(Cl)cc(C(=O)O)c2)o1. The Bertz CT molecular complexity index is 648. The van der Waals surface area contributed by atoms with Crippen molar-refractivity contribution < 1.29 is 19.1 Å². The number of halogens is 1. The van der Waals surface area contributed by atoms with Crippen LogP contribution in [-0.2, 0) is 0 Å². The van der Waals surface area contributed by atoms with Gasteiger partial charge in [-0.3, -0.25) is 4.79 Å². The van der Waals surface area contributed by atoms with Gasteiger partial charge in [-0.25, -0.2) is 4.79 Å². The van der Waals surface area contributed by atoms with Crippen molar-refractivity contribution >= 4 is 29.2 Å². The molecule has 6 heteroatoms. The van der Waals surface area contributed by atoms with E-state index in [1.165, 1.54) is 24.3 Å². The number of aryl methyl sites for hydroxylation is 1. The Balaban J connectivity index is 2.23. The maximum absolute atomic E-state index is 11.8. The number of carbonyl (C=O) groups is 2. The van der Waals surface area contributed by atoms with E-state index in [1.807, 2.05) is 0 Å². The van der Waals surface area contributed by atoms with Gasteiger partial charge < -0.3 is 14.8 Å². The number of carboxylic acids is 1. The first-order chi connectivity index (χ1) is 8.95. The molecule has 0 radical (unpaired) electrons. The van der Waals surface area contributed by atoms with Crippen LogP contribution in [0.15, 0.2) is 34.7 Å². The van der Waals surface area contributed by atoms with Gasteiger partial charge in [0.1, 0.15) is 5.76 Å². The lowest BCUT2D eigenvalue weighted by molar-refractivity contribution is 0.0696. The predicted octanol–water partition coefficient (Wildman–Crippen LogP) is 3.19. The second kappa shape index (κ2) is 5.16. The minimum atomic E-state index is -1.12. The van der Waals surface area contributed by atoms with Crippen molar-refractivity contribution in [2.24, 2.45) is 0 Å². The normalized spacial score (nSPS) is 10.2. The van der Waals surface area contributed by atoms with E-state index in [-0.39, 0.29) is 16.3 Å². The molecule has 5 nitrogen and oxygen atoms in total. The summed E-state index contributed by atoms with van der Waals surface area (Å²) < 4.78 is 5.16. The number of carboxylic acid groups (broad SMARTS) is 1. The molecule has 1 amide bonds. The predicted molar refractivity (Wildman–Crippen MR) is 69.8 cm³/mol. The Kier molecular flexibility index (Phi) is 3.57. The fourth-order valence-electron chi connectivity index (χ4n) is 1.53. The van der Waals surface area contributed by atoms with E-state index >= 15 is 0 Å². The first kappa shape index (κ1) is 13.2. The van der Waals surface area contributed by atoms with Crippen LogP contribution in [0.25, 0.3) is 0 Å². The summed E-state index contributed by atoms with van der Waals surface area (Å²) in [6.45, 7) is 1.72. The number of hydrogen-bond acceptors (Lipinski definition) is 3. The second-order valence-corrected chi connectivity index (χ2v) is 4.33. The zero-order valence-corrected chi connectivity index (χ0v) is 10.7. The minimum absolute atomic E-state index is 0.00146. The quantitative estimate of drug-likeness (QED) is 0.904. The smallest absolute Gasteiger partial charge is 0.335 e. The zero-order chi connectivity index (χ0) is 14.0. The summed E-state index contributed by atoms with van der Waals surface area (Å²) in [6.07, 6.45) is 0. The van der Waals surface area contributed by atoms with E-state index in [0.29, 0.717) is 11.4 Å². The number of hydrogen-bond donors (Lipinski definition) is 2. The maximum atomic E-state index is 11.8. The highest BCUT2D eigenvalue weighted by Crippen LogP contribution is 2.20. The number of amides is 1. The Labute approximate surface area is 113 Å². The Morgan fingerprint density at radius 2 is 2.00 bits per heavy atom. The van der Waals surface area contributed by atoms with Crippen LogP contribution in [0.4, 0.5) is 5.69 Å². The first-order valence-electron chi connectivity index (χ1n) is 5.37. The van der Waals surface area contributed by atoms with Gasteiger partial charge in [-0.15, -0.1) is 0 Å². The lowest BCUT2D eigenvalue weighted by atomic mass is 10.2. The van der Waals surface area contributed by atoms with Gasteiger partial charge in [0.25, 0.3) is 5.91 Å². The van der Waals surface area contributed by atoms with Crippen LogP contribution in [0, 0.1) is 6.92 Å². The van der Waals surface area contributed by atoms with E-state index in [0.717, 1.165) is 0 Å². The van der Waals surface area contributed by atoms with Gasteiger partial charge in [0.15, 0.2) is 5.76 Å². The largest absolute Gasteiger partial charge is 0.478 e. The van der Waals surface area contributed by atoms with E-state index in [4.69, 9.17) is 21.1 Å². The maximum Gasteiger partial charge on any atom is 0.335 e. The number of anilines is 1. The average molecular weight is 280 g/mol. The molecular formula is C13H10ClNO4. The van der Waals surface area contributed by atoms with Crippen LogP contribution in [0.3, 0.4) is 0 Å². The van der Waals surface area contributed by atoms with E-state index in [9.17, 15) is 9.59 Å². The number of rotatable bonds is 3. The summed E-state index contributed by atoms with van der Waals surface area (Å²) in [5, 5.41) is 11.7. The molecule has 0 unspecified atom stereocenters. The molecule has 0 bridgehead atoms. The van der Waals surface area contributed by atoms with Crippen molar-refractivity contribution in [3.05, 3.63) is 52.4 Å². The van der Waals surface area contributed by atoms with Crippen LogP contribution in [0.2, 0.25) is 5.02 Å². The van der Waals surface area contributed by atoms with Crippen LogP contribution < -0.4 is 5.32 Å². The highest BCUT2D eigenvalue weighted by atomic mass is 35.5. The van der Waals surface area contributed by atoms with Crippen LogP contribution >= 0.6 is 11.6 Å². The van der Waals surface area contributed by atoms with Crippen LogP contribution in [0.5, 0.6) is 0 Å². The molecule has 19 heavy (non-hydrogen) atoms. The fraction of sp³-hybridized carbons (Fsp3) is 0.0769. The number of carbonyl (C=O) groups excluding carboxylic acids is 1. The third-order valence-corrected chi connectivity index (χ3v) is 2.58. The monoisotopic (exact) mass is 279 g/mol. The Hall–Kier alpha value is -2.27. The van der Waals surface area contributed by atoms with Gasteiger partial charge in [0.05, 0.1) is 5.56 Å². The summed E-state index contributed by atoms with van der Waals surface area (Å²) in [5.41, 5.74) is 0.294. The Morgan fingerprint density at radius 1 is 1.26 bits per heavy atom. The molecule has 0 saturated carbocycles. The number of aromatic carboxylic acids is 1. The molecule has 1 aromatic heterocycles. The molecule has 0 saturated heterocycles. The first-order valence-corrected chi connectivity index (χ1v) is 5.75. The summed E-state index contributed by atoms with van der Waals surface area (Å²) >= 11 is 5.79. The molecule has 0 aliphatic carbocycles. The van der Waals surface area contributed by atoms with Crippen LogP contribution in [-0.4, -0.2) is 17.0 Å². The van der Waals surface area contributed by atoms with E-state index in [1.54, 1.807) is 13.0 Å². The summed E-state index contributed by atoms with van der Waals surface area (Å²) in [4.78, 5) is 22.7. The molecule has 0 aliphatic heterocycles. The van der Waals surface area contributed by atoms with Crippen LogP contribution in [0.1, 0.15) is 26.7 Å². The average Bonchev–Trinajstić information content (AvgIpc) is 2.75. The Morgan fingerprint density at radius 3 is 2.58 bits per heavy atom. The van der Waals surface area contributed by atoms with Crippen molar-refractivity contribution in [3.8, 4) is 0 Å². The van der Waals surface area contributed by atoms with E-state index in [2.05, 4.69) is 5.32 Å². The molecule has 0 fully saturated rings. The highest BCUT2D eigenvalue weighted by molar-refractivity contribution is 6.31. The summed E-state index contributed by atoms with van der Waals surface area (Å²) in [5.74, 6) is -0.824. The summed E-state index contributed by atoms with van der Waals surface area (Å²) in [6, 6.07) is 7.28. The molecule has 0 aliphatic rings. The highest BCUT2D eigenvalue weighted by Gasteiger charge is 2.12. The van der Waals surface area contributed by atoms with Crippen molar-refractivity contribution in [2.75, 3.05) is 5.32 Å². The molecule has 2 rings (SSSR count). The summed E-state index contributed by atoms with van der Waals surface area (Å²) in [7, 11) is 0. The third kappa shape index (κ3) is 3.14. The molecular weight excluding hydrogens is 270 g/mol. The van der Waals surface area contributed by atoms with Gasteiger partial charge in [-0.1, -0.05) is 11.6 Å².